The van der Waals surface area contributed by atoms with Gasteiger partial charge in [0.15, 0.2) is 0 Å². The number of carbonyl (C=O) groups excluding carboxylic acids is 1. The Labute approximate surface area is 116 Å². The van der Waals surface area contributed by atoms with Gasteiger partial charge in [0.1, 0.15) is 0 Å². The van der Waals surface area contributed by atoms with Crippen molar-refractivity contribution in [2.75, 3.05) is 18.7 Å². The van der Waals surface area contributed by atoms with E-state index in [0.29, 0.717) is 23.0 Å². The average Bonchev–Trinajstić information content (AvgIpc) is 2.36. The molecule has 0 aliphatic rings. The van der Waals surface area contributed by atoms with Crippen LogP contribution in [0.5, 0.6) is 0 Å². The van der Waals surface area contributed by atoms with Crippen LogP contribution in [0.15, 0.2) is 23.1 Å². The van der Waals surface area contributed by atoms with Gasteiger partial charge in [0.2, 0.25) is 0 Å². The number of benzene rings is 1. The summed E-state index contributed by atoms with van der Waals surface area (Å²) in [7, 11) is 0. The highest BCUT2D eigenvalue weighted by atomic mass is 35.5. The predicted octanol–water partition coefficient (Wildman–Crippen LogP) is 3.67. The molecule has 0 aliphatic heterocycles. The minimum Gasteiger partial charge on any atom is -0.352 e. The molecule has 2 nitrogen and oxygen atoms in total. The number of amides is 1. The Balaban J connectivity index is 2.74. The molecule has 0 spiro atoms. The summed E-state index contributed by atoms with van der Waals surface area (Å²) < 4.78 is 0. The summed E-state index contributed by atoms with van der Waals surface area (Å²) in [6.07, 6.45) is 1.96. The van der Waals surface area contributed by atoms with Crippen LogP contribution in [0.25, 0.3) is 0 Å². The molecular formula is C12H15Cl2NOS. The van der Waals surface area contributed by atoms with Crippen molar-refractivity contribution in [3.63, 3.8) is 0 Å². The van der Waals surface area contributed by atoms with Crippen molar-refractivity contribution in [2.24, 2.45) is 5.92 Å². The van der Waals surface area contributed by atoms with Crippen LogP contribution >= 0.6 is 35.0 Å². The Kier molecular flexibility index (Phi) is 6.17. The molecule has 1 amide bonds. The van der Waals surface area contributed by atoms with E-state index >= 15 is 0 Å². The van der Waals surface area contributed by atoms with E-state index < -0.39 is 0 Å². The molecule has 0 bridgehead atoms. The molecule has 94 valence electrons. The van der Waals surface area contributed by atoms with Crippen molar-refractivity contribution in [3.8, 4) is 0 Å². The van der Waals surface area contributed by atoms with Gasteiger partial charge in [-0.2, -0.15) is 0 Å². The molecule has 1 unspecified atom stereocenters. The number of alkyl halides is 1. The van der Waals surface area contributed by atoms with Crippen molar-refractivity contribution in [2.45, 2.75) is 11.8 Å². The third kappa shape index (κ3) is 4.41. The van der Waals surface area contributed by atoms with E-state index in [1.54, 1.807) is 23.9 Å². The molecule has 0 aromatic heterocycles. The lowest BCUT2D eigenvalue weighted by atomic mass is 10.2. The van der Waals surface area contributed by atoms with Crippen molar-refractivity contribution in [3.05, 3.63) is 28.8 Å². The molecule has 1 atom stereocenters. The summed E-state index contributed by atoms with van der Waals surface area (Å²) in [5.41, 5.74) is 0.514. The first-order valence-electron chi connectivity index (χ1n) is 5.26. The highest BCUT2D eigenvalue weighted by Gasteiger charge is 2.11. The Hall–Kier alpha value is -0.380. The summed E-state index contributed by atoms with van der Waals surface area (Å²) in [6, 6.07) is 5.44. The first-order valence-corrected chi connectivity index (χ1v) is 7.40. The van der Waals surface area contributed by atoms with Gasteiger partial charge in [-0.3, -0.25) is 4.79 Å². The largest absolute Gasteiger partial charge is 0.352 e. The van der Waals surface area contributed by atoms with Crippen molar-refractivity contribution >= 4 is 40.9 Å². The minimum absolute atomic E-state index is 0.150. The summed E-state index contributed by atoms with van der Waals surface area (Å²) >= 11 is 13.3. The average molecular weight is 292 g/mol. The second kappa shape index (κ2) is 7.14. The number of nitrogens with one attached hydrogen (secondary N) is 1. The zero-order valence-electron chi connectivity index (χ0n) is 9.80. The first-order chi connectivity index (χ1) is 8.08. The molecule has 1 N–H and O–H groups in total. The fraction of sp³-hybridized carbons (Fsp3) is 0.417. The van der Waals surface area contributed by atoms with Crippen LogP contribution in [0, 0.1) is 5.92 Å². The standard InChI is InChI=1S/C12H15Cl2NOS/c1-8(6-13)7-15-12(16)10-5-9(17-2)3-4-11(10)14/h3-5,8H,6-7H2,1-2H3,(H,15,16). The van der Waals surface area contributed by atoms with Crippen LogP contribution in [-0.2, 0) is 0 Å². The SMILES string of the molecule is CSc1ccc(Cl)c(C(=O)NCC(C)CCl)c1. The Bertz CT molecular complexity index is 398. The molecule has 0 aliphatic carbocycles. The van der Waals surface area contributed by atoms with Crippen molar-refractivity contribution in [1.29, 1.82) is 0 Å². The Morgan fingerprint density at radius 3 is 2.82 bits per heavy atom. The monoisotopic (exact) mass is 291 g/mol. The minimum atomic E-state index is -0.150. The molecule has 0 saturated heterocycles. The zero-order valence-corrected chi connectivity index (χ0v) is 12.1. The molecule has 0 heterocycles. The third-order valence-corrected chi connectivity index (χ3v) is 3.87. The fourth-order valence-corrected chi connectivity index (χ4v) is 1.97. The van der Waals surface area contributed by atoms with Gasteiger partial charge in [-0.25, -0.2) is 0 Å². The molecule has 1 aromatic rings. The quantitative estimate of drug-likeness (QED) is 0.662. The fourth-order valence-electron chi connectivity index (χ4n) is 1.22. The summed E-state index contributed by atoms with van der Waals surface area (Å²) in [6.45, 7) is 2.54. The van der Waals surface area contributed by atoms with Crippen LogP contribution < -0.4 is 5.32 Å². The van der Waals surface area contributed by atoms with Crippen LogP contribution in [0.3, 0.4) is 0 Å². The summed E-state index contributed by atoms with van der Waals surface area (Å²) in [4.78, 5) is 12.9. The van der Waals surface area contributed by atoms with Gasteiger partial charge in [0.05, 0.1) is 10.6 Å². The predicted molar refractivity (Wildman–Crippen MR) is 75.5 cm³/mol. The topological polar surface area (TPSA) is 29.1 Å². The number of carbonyl (C=O) groups is 1. The molecule has 0 fully saturated rings. The van der Waals surface area contributed by atoms with Gasteiger partial charge in [0.25, 0.3) is 5.91 Å². The number of hydrogen-bond donors (Lipinski definition) is 1. The van der Waals surface area contributed by atoms with Gasteiger partial charge in [-0.05, 0) is 30.4 Å². The smallest absolute Gasteiger partial charge is 0.252 e. The second-order valence-electron chi connectivity index (χ2n) is 3.82. The van der Waals surface area contributed by atoms with Crippen LogP contribution in [0.1, 0.15) is 17.3 Å². The van der Waals surface area contributed by atoms with E-state index in [2.05, 4.69) is 5.32 Å². The summed E-state index contributed by atoms with van der Waals surface area (Å²) in [5, 5.41) is 3.30. The number of thioether (sulfide) groups is 1. The van der Waals surface area contributed by atoms with Crippen LogP contribution in [-0.4, -0.2) is 24.6 Å². The van der Waals surface area contributed by atoms with E-state index in [9.17, 15) is 4.79 Å². The van der Waals surface area contributed by atoms with E-state index in [4.69, 9.17) is 23.2 Å². The summed E-state index contributed by atoms with van der Waals surface area (Å²) in [5.74, 6) is 0.629. The lowest BCUT2D eigenvalue weighted by molar-refractivity contribution is 0.0949. The second-order valence-corrected chi connectivity index (χ2v) is 5.41. The van der Waals surface area contributed by atoms with E-state index in [1.165, 1.54) is 0 Å². The van der Waals surface area contributed by atoms with E-state index in [1.807, 2.05) is 19.2 Å². The van der Waals surface area contributed by atoms with Gasteiger partial charge < -0.3 is 5.32 Å². The van der Waals surface area contributed by atoms with Gasteiger partial charge in [-0.1, -0.05) is 18.5 Å². The third-order valence-electron chi connectivity index (χ3n) is 2.29. The molecule has 1 rings (SSSR count). The lowest BCUT2D eigenvalue weighted by Gasteiger charge is -2.11. The molecular weight excluding hydrogens is 277 g/mol. The van der Waals surface area contributed by atoms with Gasteiger partial charge >= 0.3 is 0 Å². The maximum absolute atomic E-state index is 11.9. The van der Waals surface area contributed by atoms with Crippen molar-refractivity contribution in [1.82, 2.24) is 5.32 Å². The Morgan fingerprint density at radius 2 is 2.24 bits per heavy atom. The molecule has 17 heavy (non-hydrogen) atoms. The zero-order chi connectivity index (χ0) is 12.8. The van der Waals surface area contributed by atoms with Gasteiger partial charge in [0, 0.05) is 17.3 Å². The van der Waals surface area contributed by atoms with Crippen molar-refractivity contribution < 1.29 is 4.79 Å². The highest BCUT2D eigenvalue weighted by molar-refractivity contribution is 7.98. The maximum Gasteiger partial charge on any atom is 0.252 e. The normalized spacial score (nSPS) is 12.2. The number of rotatable bonds is 5. The molecule has 0 saturated carbocycles. The molecule has 1 aromatic carbocycles. The van der Waals surface area contributed by atoms with E-state index in [-0.39, 0.29) is 11.8 Å². The number of halogens is 2. The van der Waals surface area contributed by atoms with E-state index in [0.717, 1.165) is 4.90 Å². The molecule has 5 heteroatoms. The van der Waals surface area contributed by atoms with Crippen LogP contribution in [0.2, 0.25) is 5.02 Å². The maximum atomic E-state index is 11.9. The first kappa shape index (κ1) is 14.7. The Morgan fingerprint density at radius 1 is 1.53 bits per heavy atom. The molecule has 0 radical (unpaired) electrons. The number of hydrogen-bond acceptors (Lipinski definition) is 2. The van der Waals surface area contributed by atoms with Gasteiger partial charge in [-0.15, -0.1) is 23.4 Å². The van der Waals surface area contributed by atoms with Crippen LogP contribution in [0.4, 0.5) is 0 Å². The highest BCUT2D eigenvalue weighted by Crippen LogP contribution is 2.22. The lowest BCUT2D eigenvalue weighted by Crippen LogP contribution is -2.29.